The largest absolute Gasteiger partial charge is 0.354 e. The third-order valence-corrected chi connectivity index (χ3v) is 4.50. The van der Waals surface area contributed by atoms with Gasteiger partial charge in [-0.05, 0) is 42.3 Å². The lowest BCUT2D eigenvalue weighted by molar-refractivity contribution is 0.0999. The van der Waals surface area contributed by atoms with Crippen molar-refractivity contribution >= 4 is 45.0 Å². The van der Waals surface area contributed by atoms with Crippen LogP contribution in [0.3, 0.4) is 0 Å². The predicted octanol–water partition coefficient (Wildman–Crippen LogP) is 4.35. The molecule has 118 valence electrons. The van der Waals surface area contributed by atoms with E-state index in [4.69, 9.17) is 0 Å². The molecule has 1 amide bonds. The molecule has 2 aromatic carbocycles. The van der Waals surface area contributed by atoms with Crippen molar-refractivity contribution < 1.29 is 4.79 Å². The summed E-state index contributed by atoms with van der Waals surface area (Å²) in [5.41, 5.74) is 5.28. The standard InChI is InChI=1S/C18H14N4O2/c1-9-15-10(2)17(18(23)19-8-20-24)22-14(15)7-12-11-5-3-4-6-13(11)21-16(9)12/h3-8,21-22H,1-2H3. The van der Waals surface area contributed by atoms with Crippen LogP contribution < -0.4 is 0 Å². The van der Waals surface area contributed by atoms with Gasteiger partial charge in [-0.2, -0.15) is 4.99 Å². The molecular formula is C18H14N4O2. The molecule has 0 radical (unpaired) electrons. The summed E-state index contributed by atoms with van der Waals surface area (Å²) in [5, 5.41) is 5.73. The summed E-state index contributed by atoms with van der Waals surface area (Å²) in [7, 11) is 0. The van der Waals surface area contributed by atoms with E-state index in [1.807, 2.05) is 38.1 Å². The van der Waals surface area contributed by atoms with Crippen LogP contribution in [0.4, 0.5) is 0 Å². The number of carbonyl (C=O) groups is 1. The molecule has 0 aliphatic rings. The van der Waals surface area contributed by atoms with Gasteiger partial charge in [-0.1, -0.05) is 18.2 Å². The zero-order chi connectivity index (χ0) is 16.8. The Hall–Kier alpha value is -3.28. The minimum Gasteiger partial charge on any atom is -0.354 e. The van der Waals surface area contributed by atoms with Crippen molar-refractivity contribution in [3.63, 3.8) is 0 Å². The van der Waals surface area contributed by atoms with Gasteiger partial charge in [0, 0.05) is 27.2 Å². The number of rotatable bonds is 2. The lowest BCUT2D eigenvalue weighted by Crippen LogP contribution is -1.97. The number of benzene rings is 2. The summed E-state index contributed by atoms with van der Waals surface area (Å²) in [5.74, 6) is -0.504. The lowest BCUT2D eigenvalue weighted by atomic mass is 10.0. The van der Waals surface area contributed by atoms with Crippen LogP contribution in [0.5, 0.6) is 0 Å². The van der Waals surface area contributed by atoms with Gasteiger partial charge in [-0.15, -0.1) is 4.91 Å². The minimum atomic E-state index is -0.504. The van der Waals surface area contributed by atoms with E-state index in [2.05, 4.69) is 26.2 Å². The first kappa shape index (κ1) is 14.3. The quantitative estimate of drug-likeness (QED) is 0.327. The van der Waals surface area contributed by atoms with Gasteiger partial charge in [0.2, 0.25) is 0 Å². The Balaban J connectivity index is 2.06. The Morgan fingerprint density at radius 3 is 2.62 bits per heavy atom. The first-order valence-corrected chi connectivity index (χ1v) is 7.53. The molecule has 0 fully saturated rings. The summed E-state index contributed by atoms with van der Waals surface area (Å²) >= 11 is 0. The Morgan fingerprint density at radius 2 is 1.83 bits per heavy atom. The molecule has 4 rings (SSSR count). The maximum atomic E-state index is 12.1. The molecule has 0 saturated carbocycles. The lowest BCUT2D eigenvalue weighted by Gasteiger charge is -2.01. The van der Waals surface area contributed by atoms with Crippen LogP contribution >= 0.6 is 0 Å². The summed E-state index contributed by atoms with van der Waals surface area (Å²) in [6, 6.07) is 10.2. The van der Waals surface area contributed by atoms with Crippen molar-refractivity contribution in [2.45, 2.75) is 13.8 Å². The number of H-pyrrole nitrogens is 2. The maximum Gasteiger partial charge on any atom is 0.295 e. The zero-order valence-electron chi connectivity index (χ0n) is 13.2. The molecule has 0 atom stereocenters. The van der Waals surface area contributed by atoms with Gasteiger partial charge in [0.05, 0.1) is 5.52 Å². The first-order chi connectivity index (χ1) is 11.6. The Labute approximate surface area is 136 Å². The van der Waals surface area contributed by atoms with Crippen molar-refractivity contribution in [3.8, 4) is 0 Å². The van der Waals surface area contributed by atoms with Gasteiger partial charge in [-0.25, -0.2) is 0 Å². The van der Waals surface area contributed by atoms with Crippen molar-refractivity contribution in [1.29, 1.82) is 0 Å². The Bertz CT molecular complexity index is 1160. The Morgan fingerprint density at radius 1 is 1.04 bits per heavy atom. The molecule has 24 heavy (non-hydrogen) atoms. The number of aryl methyl sites for hydroxylation is 2. The summed E-state index contributed by atoms with van der Waals surface area (Å²) < 4.78 is 0. The van der Waals surface area contributed by atoms with Crippen LogP contribution in [0.2, 0.25) is 0 Å². The van der Waals surface area contributed by atoms with E-state index < -0.39 is 5.91 Å². The normalized spacial score (nSPS) is 11.9. The number of nitrogens with zero attached hydrogens (tertiary/aromatic N) is 2. The highest BCUT2D eigenvalue weighted by atomic mass is 16.3. The maximum absolute atomic E-state index is 12.1. The molecule has 0 spiro atoms. The highest BCUT2D eigenvalue weighted by Gasteiger charge is 2.18. The van der Waals surface area contributed by atoms with E-state index in [-0.39, 0.29) is 0 Å². The highest BCUT2D eigenvalue weighted by molar-refractivity contribution is 6.15. The first-order valence-electron chi connectivity index (χ1n) is 7.53. The van der Waals surface area contributed by atoms with Crippen molar-refractivity contribution in [3.05, 3.63) is 52.1 Å². The second-order valence-corrected chi connectivity index (χ2v) is 5.80. The predicted molar refractivity (Wildman–Crippen MR) is 95.8 cm³/mol. The third kappa shape index (κ3) is 1.89. The molecule has 6 heteroatoms. The molecular weight excluding hydrogens is 304 g/mol. The number of amides is 1. The van der Waals surface area contributed by atoms with Crippen molar-refractivity contribution in [2.75, 3.05) is 0 Å². The fourth-order valence-electron chi connectivity index (χ4n) is 3.44. The average Bonchev–Trinajstić information content (AvgIpc) is 3.12. The van der Waals surface area contributed by atoms with Crippen molar-refractivity contribution in [1.82, 2.24) is 9.97 Å². The number of hydrogen-bond acceptors (Lipinski definition) is 2. The van der Waals surface area contributed by atoms with Crippen LogP contribution in [0, 0.1) is 18.8 Å². The Kier molecular flexibility index (Phi) is 3.06. The number of aromatic amines is 2. The summed E-state index contributed by atoms with van der Waals surface area (Å²) in [4.78, 5) is 32.4. The van der Waals surface area contributed by atoms with Crippen LogP contribution in [0.25, 0.3) is 32.7 Å². The van der Waals surface area contributed by atoms with Gasteiger partial charge in [0.15, 0.2) is 6.34 Å². The molecule has 2 aromatic heterocycles. The molecule has 2 heterocycles. The number of fused-ring (bicyclic) bond motifs is 4. The second-order valence-electron chi connectivity index (χ2n) is 5.80. The number of nitrogens with one attached hydrogen (secondary N) is 2. The van der Waals surface area contributed by atoms with Gasteiger partial charge < -0.3 is 9.97 Å². The molecule has 0 saturated heterocycles. The van der Waals surface area contributed by atoms with E-state index in [1.165, 1.54) is 0 Å². The van der Waals surface area contributed by atoms with Gasteiger partial charge in [0.1, 0.15) is 5.69 Å². The smallest absolute Gasteiger partial charge is 0.295 e. The molecule has 0 unspecified atom stereocenters. The van der Waals surface area contributed by atoms with Gasteiger partial charge in [-0.3, -0.25) is 4.79 Å². The molecule has 0 aliphatic carbocycles. The number of nitroso groups, excluding NO2 is 1. The fourth-order valence-corrected chi connectivity index (χ4v) is 3.44. The van der Waals surface area contributed by atoms with Crippen LogP contribution in [-0.4, -0.2) is 22.2 Å². The molecule has 6 nitrogen and oxygen atoms in total. The SMILES string of the molecule is Cc1c(C(=O)N=CN=O)[nH]c2cc3c([nH]c4ccccc43)c(C)c12. The molecule has 4 aromatic rings. The van der Waals surface area contributed by atoms with Crippen LogP contribution in [0.1, 0.15) is 21.6 Å². The zero-order valence-corrected chi connectivity index (χ0v) is 13.2. The number of carbonyl (C=O) groups excluding carboxylic acids is 1. The van der Waals surface area contributed by atoms with Crippen LogP contribution in [0.15, 0.2) is 40.5 Å². The average molecular weight is 318 g/mol. The molecule has 2 N–H and O–H groups in total. The number of aliphatic imine (C=N–C) groups is 1. The molecule has 0 bridgehead atoms. The van der Waals surface area contributed by atoms with Gasteiger partial charge >= 0.3 is 0 Å². The summed E-state index contributed by atoms with van der Waals surface area (Å²) in [6.45, 7) is 3.91. The molecule has 0 aliphatic heterocycles. The number of hydrogen-bond donors (Lipinski definition) is 2. The summed E-state index contributed by atoms with van der Waals surface area (Å²) in [6.07, 6.45) is 0.720. The van der Waals surface area contributed by atoms with Crippen molar-refractivity contribution in [2.24, 2.45) is 10.2 Å². The third-order valence-electron chi connectivity index (χ3n) is 4.50. The van der Waals surface area contributed by atoms with E-state index in [0.717, 1.165) is 50.2 Å². The second kappa shape index (κ2) is 5.13. The van der Waals surface area contributed by atoms with Gasteiger partial charge in [0.25, 0.3) is 5.91 Å². The number of aromatic nitrogens is 2. The van der Waals surface area contributed by atoms with E-state index in [9.17, 15) is 9.70 Å². The highest BCUT2D eigenvalue weighted by Crippen LogP contribution is 2.35. The van der Waals surface area contributed by atoms with E-state index in [1.54, 1.807) is 0 Å². The monoisotopic (exact) mass is 318 g/mol. The topological polar surface area (TPSA) is 90.4 Å². The minimum absolute atomic E-state index is 0.380. The van der Waals surface area contributed by atoms with Crippen LogP contribution in [-0.2, 0) is 0 Å². The number of para-hydroxylation sites is 1. The van der Waals surface area contributed by atoms with E-state index in [0.29, 0.717) is 5.69 Å². The fraction of sp³-hybridized carbons (Fsp3) is 0.111. The van der Waals surface area contributed by atoms with E-state index >= 15 is 0 Å².